The summed E-state index contributed by atoms with van der Waals surface area (Å²) in [5.41, 5.74) is 6.13. The van der Waals surface area contributed by atoms with Crippen molar-refractivity contribution < 1.29 is 9.47 Å². The second kappa shape index (κ2) is 8.86. The van der Waals surface area contributed by atoms with Crippen LogP contribution in [-0.2, 0) is 9.47 Å². The minimum Gasteiger partial charge on any atom is -0.385 e. The maximum Gasteiger partial charge on any atom is 0.0589 e. The highest BCUT2D eigenvalue weighted by molar-refractivity contribution is 4.84. The molecule has 0 amide bonds. The zero-order valence-electron chi connectivity index (χ0n) is 11.4. The van der Waals surface area contributed by atoms with Crippen LogP contribution in [0.5, 0.6) is 0 Å². The molecule has 1 atom stereocenters. The van der Waals surface area contributed by atoms with Crippen LogP contribution in [0.4, 0.5) is 0 Å². The Bertz CT molecular complexity index is 186. The van der Waals surface area contributed by atoms with Gasteiger partial charge >= 0.3 is 0 Å². The van der Waals surface area contributed by atoms with Gasteiger partial charge in [-0.1, -0.05) is 0 Å². The van der Waals surface area contributed by atoms with Crippen molar-refractivity contribution in [1.82, 2.24) is 4.90 Å². The van der Waals surface area contributed by atoms with Crippen molar-refractivity contribution in [3.05, 3.63) is 0 Å². The van der Waals surface area contributed by atoms with Gasteiger partial charge in [0.15, 0.2) is 0 Å². The molecule has 0 aromatic rings. The SMILES string of the molecule is COCCCN(CCOC)CCC(N)C1CC1. The van der Waals surface area contributed by atoms with Crippen molar-refractivity contribution in [2.45, 2.75) is 31.7 Å². The summed E-state index contributed by atoms with van der Waals surface area (Å²) >= 11 is 0. The van der Waals surface area contributed by atoms with E-state index in [0.29, 0.717) is 6.04 Å². The molecule has 0 aromatic heterocycles. The lowest BCUT2D eigenvalue weighted by molar-refractivity contribution is 0.130. The first kappa shape index (κ1) is 14.9. The van der Waals surface area contributed by atoms with Gasteiger partial charge in [-0.3, -0.25) is 0 Å². The van der Waals surface area contributed by atoms with E-state index >= 15 is 0 Å². The van der Waals surface area contributed by atoms with Crippen LogP contribution in [0, 0.1) is 5.92 Å². The van der Waals surface area contributed by atoms with Gasteiger partial charge in [-0.2, -0.15) is 0 Å². The number of nitrogens with zero attached hydrogens (tertiary/aromatic N) is 1. The average molecular weight is 244 g/mol. The van der Waals surface area contributed by atoms with Gasteiger partial charge in [0.2, 0.25) is 0 Å². The third-order valence-electron chi connectivity index (χ3n) is 3.44. The standard InChI is InChI=1S/C13H28N2O2/c1-16-10-3-7-15(9-11-17-2)8-6-13(14)12-4-5-12/h12-13H,3-11,14H2,1-2H3. The highest BCUT2D eigenvalue weighted by atomic mass is 16.5. The van der Waals surface area contributed by atoms with Crippen LogP contribution >= 0.6 is 0 Å². The monoisotopic (exact) mass is 244 g/mol. The molecule has 0 heterocycles. The summed E-state index contributed by atoms with van der Waals surface area (Å²) in [6.45, 7) is 4.79. The van der Waals surface area contributed by atoms with E-state index in [9.17, 15) is 0 Å². The molecule has 2 N–H and O–H groups in total. The van der Waals surface area contributed by atoms with E-state index in [2.05, 4.69) is 4.90 Å². The van der Waals surface area contributed by atoms with Gasteiger partial charge in [0.05, 0.1) is 6.61 Å². The smallest absolute Gasteiger partial charge is 0.0589 e. The molecule has 1 aliphatic carbocycles. The quantitative estimate of drug-likeness (QED) is 0.553. The van der Waals surface area contributed by atoms with E-state index in [0.717, 1.165) is 51.6 Å². The van der Waals surface area contributed by atoms with Crippen LogP contribution in [0.15, 0.2) is 0 Å². The van der Waals surface area contributed by atoms with Gasteiger partial charge in [-0.05, 0) is 38.1 Å². The zero-order chi connectivity index (χ0) is 12.5. The van der Waals surface area contributed by atoms with Crippen molar-refractivity contribution in [1.29, 1.82) is 0 Å². The lowest BCUT2D eigenvalue weighted by Gasteiger charge is -2.23. The van der Waals surface area contributed by atoms with E-state index in [1.807, 2.05) is 0 Å². The number of methoxy groups -OCH3 is 2. The van der Waals surface area contributed by atoms with E-state index < -0.39 is 0 Å². The van der Waals surface area contributed by atoms with Gasteiger partial charge in [0.1, 0.15) is 0 Å². The second-order valence-electron chi connectivity index (χ2n) is 4.97. The largest absolute Gasteiger partial charge is 0.385 e. The summed E-state index contributed by atoms with van der Waals surface area (Å²) in [6, 6.07) is 0.405. The lowest BCUT2D eigenvalue weighted by Crippen LogP contribution is -2.34. The molecule has 0 spiro atoms. The molecule has 0 radical (unpaired) electrons. The van der Waals surface area contributed by atoms with Crippen molar-refractivity contribution in [3.63, 3.8) is 0 Å². The Labute approximate surface area is 105 Å². The lowest BCUT2D eigenvalue weighted by atomic mass is 10.1. The molecule has 0 saturated heterocycles. The summed E-state index contributed by atoms with van der Waals surface area (Å²) in [4.78, 5) is 2.44. The fourth-order valence-corrected chi connectivity index (χ4v) is 2.08. The Kier molecular flexibility index (Phi) is 7.77. The summed E-state index contributed by atoms with van der Waals surface area (Å²) in [7, 11) is 3.51. The normalized spacial score (nSPS) is 17.6. The first-order valence-corrected chi connectivity index (χ1v) is 6.73. The Morgan fingerprint density at radius 1 is 1.12 bits per heavy atom. The molecule has 1 rings (SSSR count). The van der Waals surface area contributed by atoms with Crippen LogP contribution in [-0.4, -0.2) is 58.0 Å². The fourth-order valence-electron chi connectivity index (χ4n) is 2.08. The van der Waals surface area contributed by atoms with Gasteiger partial charge in [0, 0.05) is 40.0 Å². The molecular weight excluding hydrogens is 216 g/mol. The molecule has 1 aliphatic rings. The molecule has 1 saturated carbocycles. The van der Waals surface area contributed by atoms with E-state index in [-0.39, 0.29) is 0 Å². The van der Waals surface area contributed by atoms with Gasteiger partial charge in [-0.15, -0.1) is 0 Å². The molecule has 0 bridgehead atoms. The van der Waals surface area contributed by atoms with Crippen LogP contribution in [0.2, 0.25) is 0 Å². The van der Waals surface area contributed by atoms with E-state index in [4.69, 9.17) is 15.2 Å². The first-order valence-electron chi connectivity index (χ1n) is 6.73. The second-order valence-corrected chi connectivity index (χ2v) is 4.97. The van der Waals surface area contributed by atoms with Crippen molar-refractivity contribution in [3.8, 4) is 0 Å². The topological polar surface area (TPSA) is 47.7 Å². The number of ether oxygens (including phenoxy) is 2. The Morgan fingerprint density at radius 2 is 1.82 bits per heavy atom. The molecule has 4 nitrogen and oxygen atoms in total. The van der Waals surface area contributed by atoms with Crippen LogP contribution < -0.4 is 5.73 Å². The Morgan fingerprint density at radius 3 is 2.41 bits per heavy atom. The Hall–Kier alpha value is -0.160. The first-order chi connectivity index (χ1) is 8.27. The van der Waals surface area contributed by atoms with Crippen LogP contribution in [0.3, 0.4) is 0 Å². The highest BCUT2D eigenvalue weighted by Gasteiger charge is 2.28. The maximum absolute atomic E-state index is 6.13. The molecule has 4 heteroatoms. The number of hydrogen-bond acceptors (Lipinski definition) is 4. The molecule has 1 fully saturated rings. The molecular formula is C13H28N2O2. The fraction of sp³-hybridized carbons (Fsp3) is 1.00. The average Bonchev–Trinajstić information content (AvgIpc) is 3.15. The summed E-state index contributed by atoms with van der Waals surface area (Å²) in [5.74, 6) is 0.804. The van der Waals surface area contributed by atoms with Gasteiger partial charge in [-0.25, -0.2) is 0 Å². The summed E-state index contributed by atoms with van der Waals surface area (Å²) in [5, 5.41) is 0. The van der Waals surface area contributed by atoms with Crippen LogP contribution in [0.1, 0.15) is 25.7 Å². The van der Waals surface area contributed by atoms with E-state index in [1.165, 1.54) is 12.8 Å². The van der Waals surface area contributed by atoms with Crippen molar-refractivity contribution >= 4 is 0 Å². The Balaban J connectivity index is 2.13. The number of nitrogens with two attached hydrogens (primary N) is 1. The minimum atomic E-state index is 0.405. The number of hydrogen-bond donors (Lipinski definition) is 1. The molecule has 102 valence electrons. The third kappa shape index (κ3) is 6.99. The minimum absolute atomic E-state index is 0.405. The van der Waals surface area contributed by atoms with Gasteiger partial charge in [0.25, 0.3) is 0 Å². The highest BCUT2D eigenvalue weighted by Crippen LogP contribution is 2.32. The summed E-state index contributed by atoms with van der Waals surface area (Å²) < 4.78 is 10.2. The van der Waals surface area contributed by atoms with Crippen molar-refractivity contribution in [2.24, 2.45) is 11.7 Å². The molecule has 0 aliphatic heterocycles. The third-order valence-corrected chi connectivity index (χ3v) is 3.44. The molecule has 1 unspecified atom stereocenters. The number of rotatable bonds is 11. The molecule has 17 heavy (non-hydrogen) atoms. The van der Waals surface area contributed by atoms with Crippen molar-refractivity contribution in [2.75, 3.05) is 47.1 Å². The maximum atomic E-state index is 6.13. The summed E-state index contributed by atoms with van der Waals surface area (Å²) in [6.07, 6.45) is 4.87. The van der Waals surface area contributed by atoms with Crippen LogP contribution in [0.25, 0.3) is 0 Å². The zero-order valence-corrected chi connectivity index (χ0v) is 11.4. The predicted octanol–water partition coefficient (Wildman–Crippen LogP) is 1.10. The van der Waals surface area contributed by atoms with Gasteiger partial charge < -0.3 is 20.1 Å². The molecule has 0 aromatic carbocycles. The van der Waals surface area contributed by atoms with E-state index in [1.54, 1.807) is 14.2 Å². The predicted molar refractivity (Wildman–Crippen MR) is 70.1 cm³/mol.